The van der Waals surface area contributed by atoms with E-state index in [-0.39, 0.29) is 21.9 Å². The molecule has 1 heterocycles. The molecule has 5 nitrogen and oxygen atoms in total. The molecule has 0 unspecified atom stereocenters. The first kappa shape index (κ1) is 14.0. The van der Waals surface area contributed by atoms with Crippen LogP contribution in [0, 0.1) is 18.3 Å². The first-order chi connectivity index (χ1) is 9.36. The molecule has 1 aromatic carbocycles. The second-order valence-electron chi connectivity index (χ2n) is 4.40. The van der Waals surface area contributed by atoms with E-state index in [0.717, 1.165) is 9.54 Å². The van der Waals surface area contributed by atoms with E-state index in [0.29, 0.717) is 0 Å². The molecule has 1 aromatic heterocycles. The number of Topliss-reactive ketones (excluding diaryl/α,β-unsaturated/α-hetero) is 1. The third-order valence-corrected chi connectivity index (χ3v) is 4.57. The summed E-state index contributed by atoms with van der Waals surface area (Å²) in [4.78, 5) is 11.4. The van der Waals surface area contributed by atoms with E-state index in [9.17, 15) is 13.2 Å². The van der Waals surface area contributed by atoms with E-state index >= 15 is 0 Å². The molecule has 0 amide bonds. The smallest absolute Gasteiger partial charge is 0.268 e. The Hall–Kier alpha value is -2.39. The molecule has 0 N–H and O–H groups in total. The molecule has 0 saturated carbocycles. The van der Waals surface area contributed by atoms with Crippen LogP contribution in [-0.2, 0) is 10.0 Å². The summed E-state index contributed by atoms with van der Waals surface area (Å²) in [6.07, 6.45) is 1.18. The van der Waals surface area contributed by atoms with Gasteiger partial charge in [0.1, 0.15) is 11.8 Å². The van der Waals surface area contributed by atoms with Gasteiger partial charge in [-0.1, -0.05) is 17.7 Å². The quantitative estimate of drug-likeness (QED) is 0.810. The lowest BCUT2D eigenvalue weighted by atomic mass is 10.2. The summed E-state index contributed by atoms with van der Waals surface area (Å²) in [5.41, 5.74) is 1.04. The van der Waals surface area contributed by atoms with Gasteiger partial charge in [-0.05, 0) is 32.0 Å². The van der Waals surface area contributed by atoms with Crippen molar-refractivity contribution in [1.82, 2.24) is 3.97 Å². The SMILES string of the molecule is CC(=O)c1cc(C#N)n(S(=O)(=O)c2ccc(C)cc2)c1. The van der Waals surface area contributed by atoms with Crippen LogP contribution in [0.3, 0.4) is 0 Å². The molecule has 0 radical (unpaired) electrons. The van der Waals surface area contributed by atoms with E-state index in [1.807, 2.05) is 6.92 Å². The van der Waals surface area contributed by atoms with E-state index in [4.69, 9.17) is 5.26 Å². The average Bonchev–Trinajstić information content (AvgIpc) is 2.84. The van der Waals surface area contributed by atoms with Gasteiger partial charge in [0, 0.05) is 11.8 Å². The highest BCUT2D eigenvalue weighted by Gasteiger charge is 2.21. The number of aromatic nitrogens is 1. The highest BCUT2D eigenvalue weighted by Crippen LogP contribution is 2.19. The van der Waals surface area contributed by atoms with Crippen LogP contribution in [-0.4, -0.2) is 18.2 Å². The van der Waals surface area contributed by atoms with Gasteiger partial charge in [-0.2, -0.15) is 5.26 Å². The standard InChI is InChI=1S/C14H12N2O3S/c1-10-3-5-14(6-4-10)20(18,19)16-9-12(11(2)17)7-13(16)8-15/h3-7,9H,1-2H3. The van der Waals surface area contributed by atoms with Crippen LogP contribution in [0.4, 0.5) is 0 Å². The average molecular weight is 288 g/mol. The molecule has 0 saturated heterocycles. The number of hydrogen-bond acceptors (Lipinski definition) is 4. The molecule has 102 valence electrons. The minimum absolute atomic E-state index is 0.0744. The van der Waals surface area contributed by atoms with Crippen molar-refractivity contribution in [1.29, 1.82) is 5.26 Å². The number of ketones is 1. The molecule has 0 bridgehead atoms. The topological polar surface area (TPSA) is 79.9 Å². The van der Waals surface area contributed by atoms with Crippen molar-refractivity contribution >= 4 is 15.8 Å². The summed E-state index contributed by atoms with van der Waals surface area (Å²) < 4.78 is 25.8. The van der Waals surface area contributed by atoms with Crippen molar-refractivity contribution in [2.24, 2.45) is 0 Å². The maximum Gasteiger partial charge on any atom is 0.268 e. The Kier molecular flexibility index (Phi) is 3.47. The van der Waals surface area contributed by atoms with Crippen LogP contribution in [0.1, 0.15) is 28.5 Å². The normalized spacial score (nSPS) is 11.1. The lowest BCUT2D eigenvalue weighted by Gasteiger charge is -2.07. The number of nitriles is 1. The van der Waals surface area contributed by atoms with Crippen LogP contribution >= 0.6 is 0 Å². The molecule has 0 spiro atoms. The van der Waals surface area contributed by atoms with Crippen molar-refractivity contribution in [3.8, 4) is 6.07 Å². The largest absolute Gasteiger partial charge is 0.294 e. The maximum atomic E-state index is 12.5. The van der Waals surface area contributed by atoms with Gasteiger partial charge in [-0.15, -0.1) is 0 Å². The summed E-state index contributed by atoms with van der Waals surface area (Å²) >= 11 is 0. The van der Waals surface area contributed by atoms with Gasteiger partial charge in [0.05, 0.1) is 4.90 Å². The Morgan fingerprint density at radius 2 is 1.85 bits per heavy atom. The third kappa shape index (κ3) is 2.36. The highest BCUT2D eigenvalue weighted by atomic mass is 32.2. The fourth-order valence-corrected chi connectivity index (χ4v) is 3.05. The summed E-state index contributed by atoms with van der Waals surface area (Å²) in [5, 5.41) is 9.02. The fraction of sp³-hybridized carbons (Fsp3) is 0.143. The van der Waals surface area contributed by atoms with Gasteiger partial charge in [0.15, 0.2) is 5.78 Å². The second-order valence-corrected chi connectivity index (χ2v) is 6.21. The Morgan fingerprint density at radius 3 is 2.35 bits per heavy atom. The molecule has 6 heteroatoms. The van der Waals surface area contributed by atoms with Crippen LogP contribution in [0.5, 0.6) is 0 Å². The van der Waals surface area contributed by atoms with Crippen molar-refractivity contribution in [3.63, 3.8) is 0 Å². The molecule has 0 aliphatic rings. The first-order valence-corrected chi connectivity index (χ1v) is 7.26. The molecule has 20 heavy (non-hydrogen) atoms. The van der Waals surface area contributed by atoms with Gasteiger partial charge in [-0.3, -0.25) is 4.79 Å². The fourth-order valence-electron chi connectivity index (χ4n) is 1.74. The van der Waals surface area contributed by atoms with E-state index in [1.165, 1.54) is 31.3 Å². The molecular weight excluding hydrogens is 276 g/mol. The van der Waals surface area contributed by atoms with Gasteiger partial charge in [0.25, 0.3) is 10.0 Å². The van der Waals surface area contributed by atoms with Gasteiger partial charge in [-0.25, -0.2) is 12.4 Å². The number of rotatable bonds is 3. The Morgan fingerprint density at radius 1 is 1.25 bits per heavy atom. The summed E-state index contributed by atoms with van der Waals surface area (Å²) in [6, 6.07) is 9.35. The minimum Gasteiger partial charge on any atom is -0.294 e. The molecule has 0 aliphatic heterocycles. The molecular formula is C14H12N2O3S. The number of hydrogen-bond donors (Lipinski definition) is 0. The predicted octanol–water partition coefficient (Wildman–Crippen LogP) is 2.11. The van der Waals surface area contributed by atoms with Gasteiger partial charge < -0.3 is 0 Å². The highest BCUT2D eigenvalue weighted by molar-refractivity contribution is 7.90. The maximum absolute atomic E-state index is 12.5. The first-order valence-electron chi connectivity index (χ1n) is 5.82. The lowest BCUT2D eigenvalue weighted by Crippen LogP contribution is -2.13. The van der Waals surface area contributed by atoms with Crippen LogP contribution in [0.25, 0.3) is 0 Å². The monoisotopic (exact) mass is 288 g/mol. The molecule has 2 aromatic rings. The lowest BCUT2D eigenvalue weighted by molar-refractivity contribution is 0.101. The summed E-state index contributed by atoms with van der Waals surface area (Å²) in [7, 11) is -3.87. The zero-order valence-electron chi connectivity index (χ0n) is 11.0. The Bertz CT molecular complexity index is 809. The zero-order valence-corrected chi connectivity index (χ0v) is 11.8. The Labute approximate surface area is 117 Å². The number of benzene rings is 1. The van der Waals surface area contributed by atoms with E-state index < -0.39 is 10.0 Å². The molecule has 0 atom stereocenters. The molecule has 2 rings (SSSR count). The van der Waals surface area contributed by atoms with Gasteiger partial charge in [0.2, 0.25) is 0 Å². The minimum atomic E-state index is -3.87. The van der Waals surface area contributed by atoms with Crippen LogP contribution in [0.15, 0.2) is 41.4 Å². The third-order valence-electron chi connectivity index (χ3n) is 2.88. The van der Waals surface area contributed by atoms with Crippen molar-refractivity contribution in [2.45, 2.75) is 18.7 Å². The van der Waals surface area contributed by atoms with Crippen LogP contribution < -0.4 is 0 Å². The number of carbonyl (C=O) groups is 1. The van der Waals surface area contributed by atoms with Crippen molar-refractivity contribution in [2.75, 3.05) is 0 Å². The van der Waals surface area contributed by atoms with Crippen LogP contribution in [0.2, 0.25) is 0 Å². The zero-order chi connectivity index (χ0) is 14.9. The molecule has 0 fully saturated rings. The molecule has 0 aliphatic carbocycles. The number of aryl methyl sites for hydroxylation is 1. The summed E-state index contributed by atoms with van der Waals surface area (Å²) in [5.74, 6) is -0.292. The summed E-state index contributed by atoms with van der Waals surface area (Å²) in [6.45, 7) is 3.17. The Balaban J connectivity index is 2.63. The second kappa shape index (κ2) is 4.94. The van der Waals surface area contributed by atoms with Crippen molar-refractivity contribution in [3.05, 3.63) is 53.3 Å². The predicted molar refractivity (Wildman–Crippen MR) is 72.9 cm³/mol. The van der Waals surface area contributed by atoms with Gasteiger partial charge >= 0.3 is 0 Å². The number of nitrogens with zero attached hydrogens (tertiary/aromatic N) is 2. The van der Waals surface area contributed by atoms with Crippen molar-refractivity contribution < 1.29 is 13.2 Å². The van der Waals surface area contributed by atoms with E-state index in [1.54, 1.807) is 18.2 Å². The van der Waals surface area contributed by atoms with E-state index in [2.05, 4.69) is 0 Å². The number of carbonyl (C=O) groups excluding carboxylic acids is 1.